The van der Waals surface area contributed by atoms with E-state index in [0.717, 1.165) is 12.8 Å². The van der Waals surface area contributed by atoms with E-state index in [-0.39, 0.29) is 5.97 Å². The Labute approximate surface area is 176 Å². The van der Waals surface area contributed by atoms with Crippen LogP contribution >= 0.6 is 0 Å². The van der Waals surface area contributed by atoms with E-state index in [9.17, 15) is 4.79 Å². The molecule has 3 nitrogen and oxygen atoms in total. The van der Waals surface area contributed by atoms with Gasteiger partial charge in [-0.2, -0.15) is 0 Å². The fourth-order valence-electron chi connectivity index (χ4n) is 3.36. The Morgan fingerprint density at radius 2 is 1.43 bits per heavy atom. The molecule has 0 aromatic rings. The van der Waals surface area contributed by atoms with Crippen LogP contribution in [0.3, 0.4) is 0 Å². The van der Waals surface area contributed by atoms with Gasteiger partial charge in [-0.1, -0.05) is 83.3 Å². The van der Waals surface area contributed by atoms with E-state index in [4.69, 9.17) is 4.43 Å². The Balaban J connectivity index is 3.79. The maximum absolute atomic E-state index is 11.0. The van der Waals surface area contributed by atoms with Crippen molar-refractivity contribution >= 4 is 14.3 Å². The lowest BCUT2D eigenvalue weighted by molar-refractivity contribution is -0.140. The van der Waals surface area contributed by atoms with Gasteiger partial charge in [-0.15, -0.1) is 0 Å². The van der Waals surface area contributed by atoms with E-state index in [2.05, 4.69) is 43.5 Å². The lowest BCUT2D eigenvalue weighted by atomic mass is 10.1. The summed E-state index contributed by atoms with van der Waals surface area (Å²) in [7, 11) is -0.0208. The number of esters is 1. The van der Waals surface area contributed by atoms with Crippen molar-refractivity contribution in [2.75, 3.05) is 7.11 Å². The number of ether oxygens (including phenoxy) is 1. The first-order chi connectivity index (χ1) is 13.4. The summed E-state index contributed by atoms with van der Waals surface area (Å²) in [5, 5.41) is 0. The van der Waals surface area contributed by atoms with Gasteiger partial charge in [0.2, 0.25) is 0 Å². The summed E-state index contributed by atoms with van der Waals surface area (Å²) in [6.45, 7) is 9.13. The molecular weight excluding hydrogens is 364 g/mol. The van der Waals surface area contributed by atoms with E-state index in [1.54, 1.807) is 0 Å². The predicted octanol–water partition coefficient (Wildman–Crippen LogP) is 7.81. The smallest absolute Gasteiger partial charge is 0.305 e. The predicted molar refractivity (Wildman–Crippen MR) is 124 cm³/mol. The van der Waals surface area contributed by atoms with Crippen molar-refractivity contribution in [3.8, 4) is 0 Å². The molecule has 0 fully saturated rings. The van der Waals surface area contributed by atoms with Crippen molar-refractivity contribution in [1.82, 2.24) is 0 Å². The van der Waals surface area contributed by atoms with Crippen molar-refractivity contribution in [1.29, 1.82) is 0 Å². The third kappa shape index (κ3) is 20.1. The Hall–Kier alpha value is -0.613. The van der Waals surface area contributed by atoms with Crippen LogP contribution in [0.5, 0.6) is 0 Å². The van der Waals surface area contributed by atoms with Gasteiger partial charge in [0.15, 0.2) is 8.32 Å². The van der Waals surface area contributed by atoms with Gasteiger partial charge in [0.1, 0.15) is 0 Å². The molecule has 0 rings (SSSR count). The first-order valence-corrected chi connectivity index (χ1v) is 15.2. The molecule has 0 N–H and O–H groups in total. The Kier molecular flexibility index (Phi) is 18.0. The zero-order valence-electron chi connectivity index (χ0n) is 19.6. The van der Waals surface area contributed by atoms with Crippen LogP contribution in [0.4, 0.5) is 0 Å². The molecule has 1 atom stereocenters. The van der Waals surface area contributed by atoms with Crippen LogP contribution in [0, 0.1) is 0 Å². The maximum Gasteiger partial charge on any atom is 0.305 e. The molecule has 0 saturated carbocycles. The van der Waals surface area contributed by atoms with Gasteiger partial charge in [0.25, 0.3) is 0 Å². The topological polar surface area (TPSA) is 35.5 Å². The Morgan fingerprint density at radius 1 is 0.857 bits per heavy atom. The van der Waals surface area contributed by atoms with Gasteiger partial charge in [-0.3, -0.25) is 4.79 Å². The summed E-state index contributed by atoms with van der Waals surface area (Å²) < 4.78 is 11.0. The van der Waals surface area contributed by atoms with Gasteiger partial charge in [-0.25, -0.2) is 0 Å². The number of carbonyl (C=O) groups is 1. The molecule has 28 heavy (non-hydrogen) atoms. The summed E-state index contributed by atoms with van der Waals surface area (Å²) in [6, 6.07) is 0. The number of hydrogen-bond acceptors (Lipinski definition) is 3. The van der Waals surface area contributed by atoms with Gasteiger partial charge in [-0.05, 0) is 45.3 Å². The molecule has 0 radical (unpaired) electrons. The van der Waals surface area contributed by atoms with Crippen LogP contribution in [0.1, 0.15) is 103 Å². The Morgan fingerprint density at radius 3 is 2.04 bits per heavy atom. The lowest BCUT2D eigenvalue weighted by Crippen LogP contribution is -2.31. The van der Waals surface area contributed by atoms with Gasteiger partial charge in [0, 0.05) is 6.42 Å². The number of carbonyl (C=O) groups excluding carboxylic acids is 1. The zero-order chi connectivity index (χ0) is 21.1. The fourth-order valence-corrected chi connectivity index (χ4v) is 4.47. The van der Waals surface area contributed by atoms with Crippen LogP contribution in [0.2, 0.25) is 19.6 Å². The highest BCUT2D eigenvalue weighted by atomic mass is 28.4. The molecule has 0 amide bonds. The molecule has 0 saturated heterocycles. The number of methoxy groups -OCH3 is 1. The molecule has 4 heteroatoms. The second-order valence-electron chi connectivity index (χ2n) is 8.99. The van der Waals surface area contributed by atoms with Gasteiger partial charge < -0.3 is 9.16 Å². The first-order valence-electron chi connectivity index (χ1n) is 11.8. The van der Waals surface area contributed by atoms with Crippen LogP contribution < -0.4 is 0 Å². The van der Waals surface area contributed by atoms with E-state index in [1.807, 2.05) is 0 Å². The Bertz CT molecular complexity index is 388. The second kappa shape index (κ2) is 18.4. The highest BCUT2D eigenvalue weighted by molar-refractivity contribution is 6.69. The fraction of sp³-hybridized carbons (Fsp3) is 0.875. The molecule has 0 aromatic heterocycles. The van der Waals surface area contributed by atoms with E-state index < -0.39 is 8.32 Å². The number of hydrogen-bond donors (Lipinski definition) is 0. The van der Waals surface area contributed by atoms with Crippen molar-refractivity contribution in [2.24, 2.45) is 0 Å². The van der Waals surface area contributed by atoms with Gasteiger partial charge >= 0.3 is 5.97 Å². The monoisotopic (exact) mass is 412 g/mol. The van der Waals surface area contributed by atoms with Gasteiger partial charge in [0.05, 0.1) is 13.2 Å². The minimum atomic E-state index is -1.48. The van der Waals surface area contributed by atoms with Crippen molar-refractivity contribution in [3.63, 3.8) is 0 Å². The lowest BCUT2D eigenvalue weighted by Gasteiger charge is -2.24. The molecule has 166 valence electrons. The van der Waals surface area contributed by atoms with E-state index in [0.29, 0.717) is 12.5 Å². The molecule has 1 unspecified atom stereocenters. The average molecular weight is 413 g/mol. The standard InChI is InChI=1S/C24H48O3Si/c1-6-7-8-14-17-20-23(27-28(3,4)5)21-18-15-12-10-9-11-13-16-19-22-24(25)26-2/h18,21,23H,6-17,19-20,22H2,1-5H3/b21-18+. The van der Waals surface area contributed by atoms with Crippen LogP contribution in [0.25, 0.3) is 0 Å². The summed E-state index contributed by atoms with van der Waals surface area (Å²) in [6.07, 6.45) is 23.1. The quantitative estimate of drug-likeness (QED) is 0.0939. The second-order valence-corrected chi connectivity index (χ2v) is 13.4. The largest absolute Gasteiger partial charge is 0.469 e. The van der Waals surface area contributed by atoms with E-state index in [1.165, 1.54) is 84.2 Å². The molecule has 0 spiro atoms. The minimum Gasteiger partial charge on any atom is -0.469 e. The van der Waals surface area contributed by atoms with E-state index >= 15 is 0 Å². The number of rotatable bonds is 19. The molecule has 0 bridgehead atoms. The van der Waals surface area contributed by atoms with Crippen molar-refractivity contribution in [2.45, 2.75) is 129 Å². The van der Waals surface area contributed by atoms with Crippen LogP contribution in [-0.4, -0.2) is 27.5 Å². The summed E-state index contributed by atoms with van der Waals surface area (Å²) in [4.78, 5) is 11.0. The zero-order valence-corrected chi connectivity index (χ0v) is 20.6. The third-order valence-electron chi connectivity index (χ3n) is 4.93. The first kappa shape index (κ1) is 27.4. The highest BCUT2D eigenvalue weighted by Crippen LogP contribution is 2.16. The summed E-state index contributed by atoms with van der Waals surface area (Å²) in [5.74, 6) is -0.0795. The molecule has 0 heterocycles. The third-order valence-corrected chi connectivity index (χ3v) is 5.94. The molecule has 0 aliphatic heterocycles. The summed E-state index contributed by atoms with van der Waals surface area (Å²) >= 11 is 0. The molecule has 0 aliphatic carbocycles. The van der Waals surface area contributed by atoms with Crippen LogP contribution in [0.15, 0.2) is 12.2 Å². The number of allylic oxidation sites excluding steroid dienone is 1. The maximum atomic E-state index is 11.0. The molecular formula is C24H48O3Si. The highest BCUT2D eigenvalue weighted by Gasteiger charge is 2.19. The normalized spacial score (nSPS) is 13.2. The summed E-state index contributed by atoms with van der Waals surface area (Å²) in [5.41, 5.74) is 0. The SMILES string of the molecule is CCCCCCCC(/C=C/CCCCCCCCCC(=O)OC)O[Si](C)(C)C. The average Bonchev–Trinajstić information content (AvgIpc) is 2.64. The van der Waals surface area contributed by atoms with Crippen LogP contribution in [-0.2, 0) is 14.0 Å². The minimum absolute atomic E-state index is 0.0795. The molecule has 0 aliphatic rings. The molecule has 0 aromatic carbocycles. The van der Waals surface area contributed by atoms with Crippen molar-refractivity contribution < 1.29 is 14.0 Å². The number of unbranched alkanes of at least 4 members (excludes halogenated alkanes) is 11. The van der Waals surface area contributed by atoms with Crippen molar-refractivity contribution in [3.05, 3.63) is 12.2 Å².